The largest absolute Gasteiger partial charge is 0.493 e. The van der Waals surface area contributed by atoms with Gasteiger partial charge in [0, 0.05) is 23.9 Å². The van der Waals surface area contributed by atoms with Crippen LogP contribution in [0.5, 0.6) is 11.5 Å². The van der Waals surface area contributed by atoms with Crippen LogP contribution in [0.1, 0.15) is 50.7 Å². The molecular formula is C25H33ClFN3O3. The van der Waals surface area contributed by atoms with Crippen molar-refractivity contribution in [1.82, 2.24) is 0 Å². The van der Waals surface area contributed by atoms with Crippen molar-refractivity contribution in [2.75, 3.05) is 19.0 Å². The van der Waals surface area contributed by atoms with Crippen molar-refractivity contribution in [3.8, 4) is 11.5 Å². The van der Waals surface area contributed by atoms with Crippen molar-refractivity contribution in [3.63, 3.8) is 0 Å². The van der Waals surface area contributed by atoms with E-state index in [1.54, 1.807) is 13.2 Å². The van der Waals surface area contributed by atoms with Gasteiger partial charge in [0.25, 0.3) is 0 Å². The number of halogens is 2. The zero-order valence-corrected chi connectivity index (χ0v) is 20.5. The van der Waals surface area contributed by atoms with Crippen LogP contribution in [0.15, 0.2) is 48.1 Å². The van der Waals surface area contributed by atoms with Crippen LogP contribution in [-0.4, -0.2) is 25.5 Å². The van der Waals surface area contributed by atoms with Crippen LogP contribution < -0.4 is 20.5 Å². The monoisotopic (exact) mass is 477 g/mol. The van der Waals surface area contributed by atoms with Gasteiger partial charge in [0.1, 0.15) is 11.7 Å². The van der Waals surface area contributed by atoms with E-state index in [1.807, 2.05) is 32.9 Å². The summed E-state index contributed by atoms with van der Waals surface area (Å²) in [5.74, 6) is 0.882. The lowest BCUT2D eigenvalue weighted by molar-refractivity contribution is -0.118. The highest BCUT2D eigenvalue weighted by Gasteiger charge is 2.14. The molecule has 0 bridgehead atoms. The summed E-state index contributed by atoms with van der Waals surface area (Å²) in [6.45, 7) is 10.1. The predicted molar refractivity (Wildman–Crippen MR) is 134 cm³/mol. The number of primary amides is 1. The van der Waals surface area contributed by atoms with Crippen LogP contribution in [0.3, 0.4) is 0 Å². The smallest absolute Gasteiger partial charge is 0.217 e. The van der Waals surface area contributed by atoms with Crippen molar-refractivity contribution in [3.05, 3.63) is 65.1 Å². The summed E-state index contributed by atoms with van der Waals surface area (Å²) < 4.78 is 24.8. The zero-order chi connectivity index (χ0) is 24.8. The second-order valence-electron chi connectivity index (χ2n) is 6.86. The minimum Gasteiger partial charge on any atom is -0.493 e. The number of rotatable bonds is 11. The van der Waals surface area contributed by atoms with Crippen LogP contribution in [0.2, 0.25) is 5.02 Å². The second kappa shape index (κ2) is 14.9. The van der Waals surface area contributed by atoms with Crippen LogP contribution in [0.25, 0.3) is 0 Å². The molecule has 0 heterocycles. The van der Waals surface area contributed by atoms with Gasteiger partial charge in [0.05, 0.1) is 18.7 Å². The lowest BCUT2D eigenvalue weighted by Crippen LogP contribution is -2.15. The average molecular weight is 478 g/mol. The quantitative estimate of drug-likeness (QED) is 0.227. The summed E-state index contributed by atoms with van der Waals surface area (Å²) in [6, 6.07) is 8.03. The van der Waals surface area contributed by atoms with Gasteiger partial charge >= 0.3 is 0 Å². The summed E-state index contributed by atoms with van der Waals surface area (Å²) in [5, 5.41) is 3.16. The maximum atomic E-state index is 13.5. The Morgan fingerprint density at radius 2 is 1.94 bits per heavy atom. The molecule has 8 heteroatoms. The first-order chi connectivity index (χ1) is 15.8. The number of nitrogens with two attached hydrogens (primary N) is 1. The number of aliphatic imine (C=N–C) groups is 1. The van der Waals surface area contributed by atoms with Crippen LogP contribution in [0.4, 0.5) is 10.1 Å². The summed E-state index contributed by atoms with van der Waals surface area (Å²) in [6.07, 6.45) is 4.19. The minimum atomic E-state index is -0.497. The first-order valence-corrected chi connectivity index (χ1v) is 11.2. The van der Waals surface area contributed by atoms with E-state index in [4.69, 9.17) is 26.8 Å². The number of methoxy groups -OCH3 is 1. The molecule has 6 nitrogen and oxygen atoms in total. The maximum Gasteiger partial charge on any atom is 0.217 e. The molecule has 0 fully saturated rings. The molecule has 0 aliphatic heterocycles. The summed E-state index contributed by atoms with van der Waals surface area (Å²) in [4.78, 5) is 15.1. The van der Waals surface area contributed by atoms with Crippen LogP contribution >= 0.6 is 11.6 Å². The molecule has 0 radical (unpaired) electrons. The minimum absolute atomic E-state index is 0.0110. The first-order valence-electron chi connectivity index (χ1n) is 10.9. The Labute approximate surface area is 200 Å². The molecule has 0 aliphatic carbocycles. The highest BCUT2D eigenvalue weighted by molar-refractivity contribution is 6.31. The number of hydrogen-bond donors (Lipinski definition) is 2. The molecule has 0 saturated heterocycles. The lowest BCUT2D eigenvalue weighted by Gasteiger charge is -2.17. The number of nitrogens with zero attached hydrogens (tertiary/aromatic N) is 1. The Kier molecular flexibility index (Phi) is 12.6. The number of amidine groups is 1. The number of hydrogen-bond acceptors (Lipinski definition) is 4. The number of unbranched alkanes of at least 4 members (excludes halogenated alkanes) is 2. The van der Waals surface area contributed by atoms with Crippen molar-refractivity contribution in [2.45, 2.75) is 46.5 Å². The molecule has 0 atom stereocenters. The van der Waals surface area contributed by atoms with Gasteiger partial charge < -0.3 is 20.5 Å². The van der Waals surface area contributed by atoms with Gasteiger partial charge in [-0.05, 0) is 62.1 Å². The molecule has 0 aromatic heterocycles. The number of amides is 1. The number of aryl methyl sites for hydroxylation is 1. The van der Waals surface area contributed by atoms with Crippen LogP contribution in [0, 0.1) is 12.7 Å². The van der Waals surface area contributed by atoms with Gasteiger partial charge in [0.2, 0.25) is 5.91 Å². The third kappa shape index (κ3) is 9.14. The van der Waals surface area contributed by atoms with Gasteiger partial charge in [-0.15, -0.1) is 0 Å². The fourth-order valence-electron chi connectivity index (χ4n) is 2.92. The van der Waals surface area contributed by atoms with Crippen LogP contribution in [-0.2, 0) is 4.79 Å². The number of carbonyl (C=O) groups excluding carboxylic acids is 1. The summed E-state index contributed by atoms with van der Waals surface area (Å²) in [5.41, 5.74) is 7.39. The average Bonchev–Trinajstić information content (AvgIpc) is 2.79. The highest BCUT2D eigenvalue weighted by Crippen LogP contribution is 2.32. The Bertz CT molecular complexity index is 964. The van der Waals surface area contributed by atoms with Gasteiger partial charge in [-0.3, -0.25) is 4.79 Å². The van der Waals surface area contributed by atoms with Gasteiger partial charge in [0.15, 0.2) is 11.5 Å². The normalized spacial score (nSPS) is 10.7. The molecule has 0 aliphatic rings. The summed E-state index contributed by atoms with van der Waals surface area (Å²) >= 11 is 5.88. The van der Waals surface area contributed by atoms with Crippen molar-refractivity contribution in [2.24, 2.45) is 10.7 Å². The summed E-state index contributed by atoms with van der Waals surface area (Å²) in [7, 11) is 1.56. The van der Waals surface area contributed by atoms with Crippen molar-refractivity contribution in [1.29, 1.82) is 0 Å². The Balaban J connectivity index is 0.00000265. The zero-order valence-electron chi connectivity index (χ0n) is 19.7. The lowest BCUT2D eigenvalue weighted by atomic mass is 10.1. The molecule has 1 amide bonds. The molecule has 0 unspecified atom stereocenters. The molecule has 180 valence electrons. The predicted octanol–water partition coefficient (Wildman–Crippen LogP) is 6.25. The van der Waals surface area contributed by atoms with Gasteiger partial charge in [-0.25, -0.2) is 9.38 Å². The molecule has 2 aromatic carbocycles. The van der Waals surface area contributed by atoms with Gasteiger partial charge in [-0.2, -0.15) is 0 Å². The van der Waals surface area contributed by atoms with Crippen molar-refractivity contribution < 1.29 is 18.7 Å². The number of anilines is 1. The van der Waals surface area contributed by atoms with E-state index in [0.29, 0.717) is 36.0 Å². The molecular weight excluding hydrogens is 445 g/mol. The molecule has 33 heavy (non-hydrogen) atoms. The second-order valence-corrected chi connectivity index (χ2v) is 7.26. The molecule has 2 rings (SSSR count). The van der Waals surface area contributed by atoms with E-state index in [9.17, 15) is 9.18 Å². The van der Waals surface area contributed by atoms with E-state index in [2.05, 4.69) is 16.9 Å². The van der Waals surface area contributed by atoms with E-state index in [1.165, 1.54) is 18.3 Å². The SMILES string of the molecule is C=CN=C(Nc1ccc(F)c(Cl)c1)c1cc(OC)c(OCCCCCC(N)=O)cc1C.CC. The Hall–Kier alpha value is -3.06. The Morgan fingerprint density at radius 3 is 2.55 bits per heavy atom. The van der Waals surface area contributed by atoms with E-state index < -0.39 is 5.82 Å². The topological polar surface area (TPSA) is 85.9 Å². The van der Waals surface area contributed by atoms with Crippen molar-refractivity contribution >= 4 is 29.0 Å². The Morgan fingerprint density at radius 1 is 1.21 bits per heavy atom. The van der Waals surface area contributed by atoms with E-state index in [0.717, 1.165) is 30.4 Å². The third-order valence-corrected chi connectivity index (χ3v) is 4.78. The standard InChI is InChI=1S/C23H27ClFN3O3.C2H6/c1-4-27-23(28-16-9-10-19(25)18(24)13-16)17-14-20(30-3)21(12-15(17)2)31-11-7-5-6-8-22(26)29;1-2/h4,9-10,12-14H,1,5-8,11H2,2-3H3,(H2,26,29)(H,27,28);1-2H3. The van der Waals surface area contributed by atoms with E-state index >= 15 is 0 Å². The molecule has 3 N–H and O–H groups in total. The number of nitrogens with one attached hydrogen (secondary N) is 1. The third-order valence-electron chi connectivity index (χ3n) is 4.49. The van der Waals surface area contributed by atoms with Gasteiger partial charge in [-0.1, -0.05) is 32.0 Å². The number of carbonyl (C=O) groups is 1. The maximum absolute atomic E-state index is 13.5. The highest BCUT2D eigenvalue weighted by atomic mass is 35.5. The number of ether oxygens (including phenoxy) is 2. The first kappa shape index (κ1) is 28.0. The molecule has 0 saturated carbocycles. The molecule has 2 aromatic rings. The van der Waals surface area contributed by atoms with E-state index in [-0.39, 0.29) is 10.9 Å². The number of benzene rings is 2. The fraction of sp³-hybridized carbons (Fsp3) is 0.360. The fourth-order valence-corrected chi connectivity index (χ4v) is 3.10. The molecule has 0 spiro atoms.